The molecule has 2 heteroatoms. The van der Waals surface area contributed by atoms with E-state index in [1.807, 2.05) is 0 Å². The molecular weight excluding hydrogens is 126 g/mol. The molecule has 1 aliphatic rings. The van der Waals surface area contributed by atoms with Crippen LogP contribution in [0.15, 0.2) is 0 Å². The lowest BCUT2D eigenvalue weighted by Gasteiger charge is -2.08. The molecule has 0 bridgehead atoms. The van der Waals surface area contributed by atoms with Gasteiger partial charge in [-0.15, -0.1) is 0 Å². The second kappa shape index (κ2) is 4.69. The van der Waals surface area contributed by atoms with Gasteiger partial charge in [-0.05, 0) is 25.8 Å². The van der Waals surface area contributed by atoms with Crippen LogP contribution in [0.1, 0.15) is 32.6 Å². The molecule has 0 spiro atoms. The summed E-state index contributed by atoms with van der Waals surface area (Å²) in [6.45, 7) is 4.18. The van der Waals surface area contributed by atoms with Crippen molar-refractivity contribution in [2.24, 2.45) is 0 Å². The minimum absolute atomic E-state index is 0.911. The molecule has 10 heavy (non-hydrogen) atoms. The third kappa shape index (κ3) is 2.67. The van der Waals surface area contributed by atoms with Crippen molar-refractivity contribution < 1.29 is 4.74 Å². The lowest BCUT2D eigenvalue weighted by Crippen LogP contribution is -2.20. The highest BCUT2D eigenvalue weighted by Crippen LogP contribution is 2.15. The molecule has 0 aromatic rings. The Kier molecular flexibility index (Phi) is 3.76. The third-order valence-electron chi connectivity index (χ3n) is 1.68. The zero-order chi connectivity index (χ0) is 7.23. The maximum absolute atomic E-state index is 5.31. The number of hydrogen-bond donors (Lipinski definition) is 1. The van der Waals surface area contributed by atoms with Crippen LogP contribution in [-0.4, -0.2) is 13.2 Å². The van der Waals surface area contributed by atoms with Gasteiger partial charge in [0.1, 0.15) is 0 Å². The number of ether oxygens (including phenoxy) is 1. The van der Waals surface area contributed by atoms with E-state index in [9.17, 15) is 0 Å². The Labute approximate surface area is 63.0 Å². The summed E-state index contributed by atoms with van der Waals surface area (Å²) >= 11 is 0. The molecule has 0 aromatic carbocycles. The van der Waals surface area contributed by atoms with E-state index < -0.39 is 0 Å². The summed E-state index contributed by atoms with van der Waals surface area (Å²) in [6, 6.07) is 0. The molecular formula is C8H16NO. The van der Waals surface area contributed by atoms with Gasteiger partial charge in [0.2, 0.25) is 0 Å². The van der Waals surface area contributed by atoms with Crippen molar-refractivity contribution >= 4 is 0 Å². The van der Waals surface area contributed by atoms with Crippen LogP contribution < -0.4 is 5.32 Å². The standard InChI is InChI=1S/C8H16NO/c1-2-3-6-9-8-5-4-7-10-8/h9H,2-7H2,1H3. The Balaban J connectivity index is 1.91. The van der Waals surface area contributed by atoms with E-state index in [1.165, 1.54) is 19.3 Å². The fourth-order valence-corrected chi connectivity index (χ4v) is 1.04. The largest absolute Gasteiger partial charge is 0.356 e. The summed E-state index contributed by atoms with van der Waals surface area (Å²) < 4.78 is 5.31. The van der Waals surface area contributed by atoms with Gasteiger partial charge >= 0.3 is 0 Å². The van der Waals surface area contributed by atoms with Crippen LogP contribution in [0, 0.1) is 6.23 Å². The number of nitrogens with one attached hydrogen (secondary N) is 1. The fraction of sp³-hybridized carbons (Fsp3) is 0.875. The summed E-state index contributed by atoms with van der Waals surface area (Å²) in [7, 11) is 0. The van der Waals surface area contributed by atoms with Gasteiger partial charge in [0.15, 0.2) is 6.23 Å². The van der Waals surface area contributed by atoms with Gasteiger partial charge in [-0.1, -0.05) is 13.3 Å². The topological polar surface area (TPSA) is 21.3 Å². The van der Waals surface area contributed by atoms with Gasteiger partial charge in [0.25, 0.3) is 0 Å². The molecule has 0 atom stereocenters. The van der Waals surface area contributed by atoms with Gasteiger partial charge in [-0.25, -0.2) is 0 Å². The van der Waals surface area contributed by atoms with E-state index in [0.29, 0.717) is 0 Å². The van der Waals surface area contributed by atoms with Crippen molar-refractivity contribution in [1.82, 2.24) is 5.32 Å². The monoisotopic (exact) mass is 142 g/mol. The zero-order valence-corrected chi connectivity index (χ0v) is 6.65. The van der Waals surface area contributed by atoms with Gasteiger partial charge in [0, 0.05) is 6.61 Å². The SMILES string of the molecule is CCCCN[C]1CCCO1. The van der Waals surface area contributed by atoms with Crippen LogP contribution in [-0.2, 0) is 4.74 Å². The van der Waals surface area contributed by atoms with E-state index in [4.69, 9.17) is 4.74 Å². The molecule has 0 aliphatic carbocycles. The van der Waals surface area contributed by atoms with Gasteiger partial charge in [0.05, 0.1) is 0 Å². The molecule has 1 radical (unpaired) electrons. The molecule has 1 heterocycles. The first-order chi connectivity index (χ1) is 4.93. The maximum atomic E-state index is 5.31. The van der Waals surface area contributed by atoms with Gasteiger partial charge < -0.3 is 4.74 Å². The normalized spacial score (nSPS) is 20.1. The first kappa shape index (κ1) is 8.02. The first-order valence-corrected chi connectivity index (χ1v) is 4.16. The van der Waals surface area contributed by atoms with E-state index in [-0.39, 0.29) is 0 Å². The predicted octanol–water partition coefficient (Wildman–Crippen LogP) is 1.68. The van der Waals surface area contributed by atoms with Crippen LogP contribution in [0.3, 0.4) is 0 Å². The Bertz CT molecular complexity index is 79.3. The van der Waals surface area contributed by atoms with Crippen LogP contribution >= 0.6 is 0 Å². The smallest absolute Gasteiger partial charge is 0.162 e. The zero-order valence-electron chi connectivity index (χ0n) is 6.65. The molecule has 2 nitrogen and oxygen atoms in total. The van der Waals surface area contributed by atoms with Crippen LogP contribution in [0.2, 0.25) is 0 Å². The van der Waals surface area contributed by atoms with Crippen molar-refractivity contribution in [3.8, 4) is 0 Å². The third-order valence-corrected chi connectivity index (χ3v) is 1.68. The predicted molar refractivity (Wildman–Crippen MR) is 41.3 cm³/mol. The van der Waals surface area contributed by atoms with Crippen molar-refractivity contribution in [2.75, 3.05) is 13.2 Å². The maximum Gasteiger partial charge on any atom is 0.162 e. The van der Waals surface area contributed by atoms with Crippen molar-refractivity contribution in [3.63, 3.8) is 0 Å². The molecule has 59 valence electrons. The van der Waals surface area contributed by atoms with Crippen molar-refractivity contribution in [1.29, 1.82) is 0 Å². The summed E-state index contributed by atoms with van der Waals surface area (Å²) in [5.41, 5.74) is 0. The Morgan fingerprint density at radius 2 is 2.50 bits per heavy atom. The lowest BCUT2D eigenvalue weighted by atomic mass is 10.3. The Morgan fingerprint density at radius 1 is 1.60 bits per heavy atom. The second-order valence-electron chi connectivity index (χ2n) is 2.66. The highest BCUT2D eigenvalue weighted by Gasteiger charge is 2.14. The van der Waals surface area contributed by atoms with E-state index in [0.717, 1.165) is 25.8 Å². The number of rotatable bonds is 4. The molecule has 0 aromatic heterocycles. The molecule has 0 amide bonds. The van der Waals surface area contributed by atoms with E-state index in [2.05, 4.69) is 12.2 Å². The summed E-state index contributed by atoms with van der Waals surface area (Å²) in [5, 5.41) is 3.28. The highest BCUT2D eigenvalue weighted by atomic mass is 16.5. The molecule has 1 N–H and O–H groups in total. The minimum atomic E-state index is 0.911. The minimum Gasteiger partial charge on any atom is -0.356 e. The Hall–Kier alpha value is -0.0800. The molecule has 1 saturated heterocycles. The summed E-state index contributed by atoms with van der Waals surface area (Å²) in [6.07, 6.45) is 5.90. The number of unbranched alkanes of at least 4 members (excludes halogenated alkanes) is 1. The Morgan fingerprint density at radius 3 is 3.10 bits per heavy atom. The molecule has 0 unspecified atom stereocenters. The van der Waals surface area contributed by atoms with Crippen LogP contribution in [0.25, 0.3) is 0 Å². The van der Waals surface area contributed by atoms with Gasteiger partial charge in [-0.3, -0.25) is 5.32 Å². The van der Waals surface area contributed by atoms with Gasteiger partial charge in [-0.2, -0.15) is 0 Å². The van der Waals surface area contributed by atoms with Crippen molar-refractivity contribution in [3.05, 3.63) is 6.23 Å². The molecule has 0 saturated carbocycles. The average Bonchev–Trinajstić information content (AvgIpc) is 2.41. The quantitative estimate of drug-likeness (QED) is 0.603. The first-order valence-electron chi connectivity index (χ1n) is 4.16. The van der Waals surface area contributed by atoms with E-state index >= 15 is 0 Å². The average molecular weight is 142 g/mol. The second-order valence-corrected chi connectivity index (χ2v) is 2.66. The molecule has 1 fully saturated rings. The van der Waals surface area contributed by atoms with Crippen LogP contribution in [0.4, 0.5) is 0 Å². The fourth-order valence-electron chi connectivity index (χ4n) is 1.04. The summed E-state index contributed by atoms with van der Waals surface area (Å²) in [4.78, 5) is 0. The van der Waals surface area contributed by atoms with E-state index in [1.54, 1.807) is 0 Å². The highest BCUT2D eigenvalue weighted by molar-refractivity contribution is 4.79. The molecule has 1 rings (SSSR count). The molecule has 1 aliphatic heterocycles. The van der Waals surface area contributed by atoms with Crippen LogP contribution in [0.5, 0.6) is 0 Å². The van der Waals surface area contributed by atoms with Crippen molar-refractivity contribution in [2.45, 2.75) is 32.6 Å². The summed E-state index contributed by atoms with van der Waals surface area (Å²) in [5.74, 6) is 0. The number of hydrogen-bond acceptors (Lipinski definition) is 2. The lowest BCUT2D eigenvalue weighted by molar-refractivity contribution is 0.173.